The fourth-order valence-corrected chi connectivity index (χ4v) is 3.04. The summed E-state index contributed by atoms with van der Waals surface area (Å²) in [6.07, 6.45) is 3.12. The SMILES string of the molecule is CNC1CCC2(CC1N(C)C(C)C)OCCO2. The molecular weight excluding hydrogens is 216 g/mol. The van der Waals surface area contributed by atoms with E-state index in [4.69, 9.17) is 9.47 Å². The van der Waals surface area contributed by atoms with Gasteiger partial charge in [0, 0.05) is 31.0 Å². The molecule has 0 aromatic heterocycles. The van der Waals surface area contributed by atoms with Gasteiger partial charge in [0.05, 0.1) is 13.2 Å². The van der Waals surface area contributed by atoms with Crippen LogP contribution in [0.4, 0.5) is 0 Å². The lowest BCUT2D eigenvalue weighted by molar-refractivity contribution is -0.193. The fraction of sp³-hybridized carbons (Fsp3) is 1.00. The van der Waals surface area contributed by atoms with Gasteiger partial charge in [0.2, 0.25) is 0 Å². The summed E-state index contributed by atoms with van der Waals surface area (Å²) < 4.78 is 11.7. The topological polar surface area (TPSA) is 33.7 Å². The molecular formula is C13H26N2O2. The van der Waals surface area contributed by atoms with E-state index in [2.05, 4.69) is 38.2 Å². The molecule has 1 N–H and O–H groups in total. The molecule has 0 amide bonds. The van der Waals surface area contributed by atoms with Crippen LogP contribution >= 0.6 is 0 Å². The molecule has 0 aromatic carbocycles. The molecule has 1 heterocycles. The lowest BCUT2D eigenvalue weighted by Crippen LogP contribution is -2.57. The van der Waals surface area contributed by atoms with E-state index in [9.17, 15) is 0 Å². The monoisotopic (exact) mass is 242 g/mol. The van der Waals surface area contributed by atoms with Crippen LogP contribution in [0.2, 0.25) is 0 Å². The van der Waals surface area contributed by atoms with E-state index < -0.39 is 0 Å². The van der Waals surface area contributed by atoms with Gasteiger partial charge in [-0.3, -0.25) is 4.90 Å². The Morgan fingerprint density at radius 2 is 1.94 bits per heavy atom. The molecule has 1 saturated carbocycles. The van der Waals surface area contributed by atoms with Gasteiger partial charge in [-0.1, -0.05) is 0 Å². The van der Waals surface area contributed by atoms with Gasteiger partial charge in [0.15, 0.2) is 5.79 Å². The number of hydrogen-bond donors (Lipinski definition) is 1. The molecule has 1 aliphatic carbocycles. The molecule has 4 heteroatoms. The Labute approximate surface area is 105 Å². The Balaban J connectivity index is 2.08. The van der Waals surface area contributed by atoms with Gasteiger partial charge in [-0.2, -0.15) is 0 Å². The quantitative estimate of drug-likeness (QED) is 0.806. The van der Waals surface area contributed by atoms with Crippen molar-refractivity contribution in [3.05, 3.63) is 0 Å². The zero-order chi connectivity index (χ0) is 12.5. The van der Waals surface area contributed by atoms with Crippen LogP contribution < -0.4 is 5.32 Å². The molecule has 1 saturated heterocycles. The molecule has 1 spiro atoms. The summed E-state index contributed by atoms with van der Waals surface area (Å²) in [4.78, 5) is 2.44. The maximum atomic E-state index is 5.86. The average Bonchev–Trinajstić information content (AvgIpc) is 2.76. The van der Waals surface area contributed by atoms with Crippen LogP contribution in [-0.4, -0.2) is 56.1 Å². The van der Waals surface area contributed by atoms with Crippen LogP contribution in [0.15, 0.2) is 0 Å². The zero-order valence-electron chi connectivity index (χ0n) is 11.5. The van der Waals surface area contributed by atoms with Crippen LogP contribution in [0.1, 0.15) is 33.1 Å². The lowest BCUT2D eigenvalue weighted by atomic mass is 9.84. The molecule has 2 atom stereocenters. The van der Waals surface area contributed by atoms with Crippen molar-refractivity contribution in [2.45, 2.75) is 57.0 Å². The summed E-state index contributed by atoms with van der Waals surface area (Å²) in [5.41, 5.74) is 0. The van der Waals surface area contributed by atoms with Crippen molar-refractivity contribution in [3.63, 3.8) is 0 Å². The zero-order valence-corrected chi connectivity index (χ0v) is 11.5. The van der Waals surface area contributed by atoms with E-state index in [0.29, 0.717) is 18.1 Å². The molecule has 1 aliphatic heterocycles. The molecule has 2 aliphatic rings. The average molecular weight is 242 g/mol. The molecule has 0 bridgehead atoms. The molecule has 2 unspecified atom stereocenters. The van der Waals surface area contributed by atoms with Crippen molar-refractivity contribution in [1.29, 1.82) is 0 Å². The molecule has 0 radical (unpaired) electrons. The van der Waals surface area contributed by atoms with E-state index >= 15 is 0 Å². The molecule has 0 aromatic rings. The van der Waals surface area contributed by atoms with Gasteiger partial charge in [-0.25, -0.2) is 0 Å². The minimum atomic E-state index is -0.291. The molecule has 2 rings (SSSR count). The summed E-state index contributed by atoms with van der Waals surface area (Å²) in [7, 11) is 4.26. The maximum Gasteiger partial charge on any atom is 0.170 e. The smallest absolute Gasteiger partial charge is 0.170 e. The number of hydrogen-bond acceptors (Lipinski definition) is 4. The van der Waals surface area contributed by atoms with Crippen LogP contribution in [-0.2, 0) is 9.47 Å². The van der Waals surface area contributed by atoms with Gasteiger partial charge in [0.1, 0.15) is 0 Å². The summed E-state index contributed by atoms with van der Waals surface area (Å²) >= 11 is 0. The fourth-order valence-electron chi connectivity index (χ4n) is 3.04. The van der Waals surface area contributed by atoms with Crippen molar-refractivity contribution in [3.8, 4) is 0 Å². The van der Waals surface area contributed by atoms with E-state index in [0.717, 1.165) is 32.5 Å². The Morgan fingerprint density at radius 3 is 2.47 bits per heavy atom. The highest BCUT2D eigenvalue weighted by molar-refractivity contribution is 4.96. The first-order valence-corrected chi connectivity index (χ1v) is 6.75. The highest BCUT2D eigenvalue weighted by atomic mass is 16.7. The largest absolute Gasteiger partial charge is 0.347 e. The summed E-state index contributed by atoms with van der Waals surface area (Å²) in [5.74, 6) is -0.291. The molecule has 4 nitrogen and oxygen atoms in total. The minimum absolute atomic E-state index is 0.291. The number of nitrogens with one attached hydrogen (secondary N) is 1. The highest BCUT2D eigenvalue weighted by Gasteiger charge is 2.46. The minimum Gasteiger partial charge on any atom is -0.347 e. The van der Waals surface area contributed by atoms with Gasteiger partial charge in [-0.15, -0.1) is 0 Å². The van der Waals surface area contributed by atoms with Crippen molar-refractivity contribution < 1.29 is 9.47 Å². The number of ether oxygens (including phenoxy) is 2. The highest BCUT2D eigenvalue weighted by Crippen LogP contribution is 2.37. The summed E-state index contributed by atoms with van der Waals surface area (Å²) in [6, 6.07) is 1.58. The van der Waals surface area contributed by atoms with Gasteiger partial charge >= 0.3 is 0 Å². The normalized spacial score (nSPS) is 32.8. The van der Waals surface area contributed by atoms with Crippen molar-refractivity contribution in [1.82, 2.24) is 10.2 Å². The Morgan fingerprint density at radius 1 is 1.29 bits per heavy atom. The third kappa shape index (κ3) is 2.65. The van der Waals surface area contributed by atoms with E-state index in [1.165, 1.54) is 0 Å². The number of nitrogens with zero attached hydrogens (tertiary/aromatic N) is 1. The van der Waals surface area contributed by atoms with E-state index in [1.54, 1.807) is 0 Å². The molecule has 17 heavy (non-hydrogen) atoms. The Kier molecular flexibility index (Phi) is 4.08. The van der Waals surface area contributed by atoms with Gasteiger partial charge in [-0.05, 0) is 34.4 Å². The van der Waals surface area contributed by atoms with Gasteiger partial charge in [0.25, 0.3) is 0 Å². The Bertz CT molecular complexity index is 250. The molecule has 2 fully saturated rings. The summed E-state index contributed by atoms with van der Waals surface area (Å²) in [5, 5.41) is 3.44. The molecule has 100 valence electrons. The first kappa shape index (κ1) is 13.3. The third-order valence-electron chi connectivity index (χ3n) is 4.34. The maximum absolute atomic E-state index is 5.86. The Hall–Kier alpha value is -0.160. The first-order valence-electron chi connectivity index (χ1n) is 6.75. The predicted octanol–water partition coefficient (Wildman–Crippen LogP) is 1.21. The predicted molar refractivity (Wildman–Crippen MR) is 68.0 cm³/mol. The van der Waals surface area contributed by atoms with Crippen molar-refractivity contribution in [2.24, 2.45) is 0 Å². The van der Waals surface area contributed by atoms with Crippen molar-refractivity contribution in [2.75, 3.05) is 27.3 Å². The second-order valence-corrected chi connectivity index (χ2v) is 5.57. The van der Waals surface area contributed by atoms with E-state index in [-0.39, 0.29) is 5.79 Å². The van der Waals surface area contributed by atoms with Crippen LogP contribution in [0.3, 0.4) is 0 Å². The van der Waals surface area contributed by atoms with Crippen LogP contribution in [0.25, 0.3) is 0 Å². The number of likely N-dealkylation sites (N-methyl/N-ethyl adjacent to an activating group) is 2. The lowest BCUT2D eigenvalue weighted by Gasteiger charge is -2.46. The van der Waals surface area contributed by atoms with Crippen molar-refractivity contribution >= 4 is 0 Å². The third-order valence-corrected chi connectivity index (χ3v) is 4.34. The number of rotatable bonds is 3. The van der Waals surface area contributed by atoms with E-state index in [1.807, 2.05) is 0 Å². The van der Waals surface area contributed by atoms with Crippen LogP contribution in [0.5, 0.6) is 0 Å². The van der Waals surface area contributed by atoms with Gasteiger partial charge < -0.3 is 14.8 Å². The second-order valence-electron chi connectivity index (χ2n) is 5.57. The standard InChI is InChI=1S/C13H26N2O2/c1-10(2)15(4)12-9-13(16-7-8-17-13)6-5-11(12)14-3/h10-12,14H,5-9H2,1-4H3. The van der Waals surface area contributed by atoms with Crippen LogP contribution in [0, 0.1) is 0 Å². The summed E-state index contributed by atoms with van der Waals surface area (Å²) in [6.45, 7) is 5.99. The second kappa shape index (κ2) is 5.22. The first-order chi connectivity index (χ1) is 8.08.